The number of hydrogen-bond acceptors (Lipinski definition) is 5. The number of carbonyl (C=O) groups excluding carboxylic acids is 1. The van der Waals surface area contributed by atoms with E-state index in [2.05, 4.69) is 43.5 Å². The van der Waals surface area contributed by atoms with Crippen molar-refractivity contribution in [1.29, 1.82) is 0 Å². The Labute approximate surface area is 436 Å². The minimum atomic E-state index is -4.35. The summed E-state index contributed by atoms with van der Waals surface area (Å²) in [6, 6.07) is -0.861. The standard InChI is InChI=1S/C61H119N2O6P/c1-6-8-10-12-14-16-18-20-21-22-23-24-25-26-27-28-29-30-31-32-33-34-35-36-37-38-39-40-41-43-45-47-49-51-53-55-61(65)62-59(58-69-70(66,67)68-57-56-63(3,4)5)60(64)54-52-50-48-46-44-42-19-17-15-13-11-9-7-2/h28-29,44,46,52,54,59-60,64H,6-27,30-43,45,47-51,53,55-58H2,1-5H3,(H-,62,65,66,67)/p+1/b29-28-,46-44+,54-52+. The number of nitrogens with zero attached hydrogens (tertiary/aromatic N) is 1. The predicted octanol–water partition coefficient (Wildman–Crippen LogP) is 18.5. The van der Waals surface area contributed by atoms with Gasteiger partial charge in [0.1, 0.15) is 13.2 Å². The first kappa shape index (κ1) is 68.7. The Morgan fingerprint density at radius 1 is 0.471 bits per heavy atom. The fraction of sp³-hybridized carbons (Fsp3) is 0.885. The van der Waals surface area contributed by atoms with Gasteiger partial charge in [-0.3, -0.25) is 13.8 Å². The van der Waals surface area contributed by atoms with Crippen molar-refractivity contribution in [2.75, 3.05) is 40.9 Å². The van der Waals surface area contributed by atoms with Crippen LogP contribution in [0.3, 0.4) is 0 Å². The quantitative estimate of drug-likeness (QED) is 0.0243. The first-order chi connectivity index (χ1) is 34.0. The monoisotopic (exact) mass is 1010 g/mol. The minimum Gasteiger partial charge on any atom is -0.387 e. The Morgan fingerprint density at radius 2 is 0.786 bits per heavy atom. The fourth-order valence-corrected chi connectivity index (χ4v) is 9.79. The maximum atomic E-state index is 13.0. The average Bonchev–Trinajstić information content (AvgIpc) is 3.32. The molecule has 1 amide bonds. The van der Waals surface area contributed by atoms with Crippen LogP contribution in [0.4, 0.5) is 0 Å². The van der Waals surface area contributed by atoms with Crippen LogP contribution in [0.25, 0.3) is 0 Å². The number of nitrogens with one attached hydrogen (secondary N) is 1. The Hall–Kier alpha value is -1.28. The zero-order chi connectivity index (χ0) is 51.3. The first-order valence-corrected chi connectivity index (χ1v) is 31.9. The van der Waals surface area contributed by atoms with Crippen molar-refractivity contribution in [2.24, 2.45) is 0 Å². The van der Waals surface area contributed by atoms with Gasteiger partial charge in [0, 0.05) is 6.42 Å². The van der Waals surface area contributed by atoms with Crippen LogP contribution in [-0.2, 0) is 18.4 Å². The van der Waals surface area contributed by atoms with Gasteiger partial charge in [0.05, 0.1) is 39.9 Å². The molecule has 0 aromatic carbocycles. The SMILES string of the molecule is CCCCCCCCC/C=C/CC/C=C/C(O)C(COP(=O)(O)OCC[N+](C)(C)C)NC(=O)CCCCCCCCCCCCCCCCCCC/C=C\CCCCCCCCCCCCCCCC. The van der Waals surface area contributed by atoms with Crippen molar-refractivity contribution in [3.63, 3.8) is 0 Å². The molecular formula is C61H120N2O6P+. The summed E-state index contributed by atoms with van der Waals surface area (Å²) in [7, 11) is 1.56. The Morgan fingerprint density at radius 3 is 1.14 bits per heavy atom. The molecule has 3 N–H and O–H groups in total. The van der Waals surface area contributed by atoms with E-state index in [9.17, 15) is 19.4 Å². The van der Waals surface area contributed by atoms with Crippen molar-refractivity contribution in [1.82, 2.24) is 5.32 Å². The fourth-order valence-electron chi connectivity index (χ4n) is 9.06. The second-order valence-electron chi connectivity index (χ2n) is 22.1. The summed E-state index contributed by atoms with van der Waals surface area (Å²) in [5.41, 5.74) is 0. The molecule has 3 unspecified atom stereocenters. The number of phosphoric acid groups is 1. The summed E-state index contributed by atoms with van der Waals surface area (Å²) in [5, 5.41) is 13.9. The Balaban J connectivity index is 3.96. The Kier molecular flexibility index (Phi) is 51.6. The molecule has 3 atom stereocenters. The topological polar surface area (TPSA) is 105 Å². The summed E-state index contributed by atoms with van der Waals surface area (Å²) in [4.78, 5) is 23.2. The lowest BCUT2D eigenvalue weighted by Gasteiger charge is -2.25. The number of rotatable bonds is 56. The molecular weight excluding hydrogens is 888 g/mol. The van der Waals surface area contributed by atoms with Crippen LogP contribution in [0.1, 0.15) is 296 Å². The van der Waals surface area contributed by atoms with E-state index in [-0.39, 0.29) is 19.1 Å². The van der Waals surface area contributed by atoms with Crippen molar-refractivity contribution in [2.45, 2.75) is 309 Å². The van der Waals surface area contributed by atoms with E-state index >= 15 is 0 Å². The third-order valence-corrected chi connectivity index (χ3v) is 14.8. The molecule has 70 heavy (non-hydrogen) atoms. The highest BCUT2D eigenvalue weighted by Crippen LogP contribution is 2.43. The average molecular weight is 1010 g/mol. The van der Waals surface area contributed by atoms with Gasteiger partial charge in [0.2, 0.25) is 5.91 Å². The Bertz CT molecular complexity index is 1230. The van der Waals surface area contributed by atoms with Gasteiger partial charge in [-0.25, -0.2) is 4.57 Å². The van der Waals surface area contributed by atoms with Crippen LogP contribution in [0, 0.1) is 0 Å². The van der Waals surface area contributed by atoms with E-state index in [0.717, 1.165) is 38.5 Å². The third-order valence-electron chi connectivity index (χ3n) is 13.8. The molecule has 0 radical (unpaired) electrons. The van der Waals surface area contributed by atoms with Crippen LogP contribution < -0.4 is 5.32 Å². The number of unbranched alkanes of at least 4 members (excludes halogenated alkanes) is 39. The lowest BCUT2D eigenvalue weighted by atomic mass is 10.0. The molecule has 8 nitrogen and oxygen atoms in total. The molecule has 0 aromatic rings. The van der Waals surface area contributed by atoms with Crippen molar-refractivity contribution in [3.05, 3.63) is 36.5 Å². The maximum Gasteiger partial charge on any atom is 0.472 e. The van der Waals surface area contributed by atoms with Gasteiger partial charge in [0.25, 0.3) is 0 Å². The van der Waals surface area contributed by atoms with Crippen molar-refractivity contribution in [3.8, 4) is 0 Å². The van der Waals surface area contributed by atoms with Crippen molar-refractivity contribution < 1.29 is 32.9 Å². The van der Waals surface area contributed by atoms with Gasteiger partial charge in [-0.2, -0.15) is 0 Å². The van der Waals surface area contributed by atoms with Crippen LogP contribution in [0.2, 0.25) is 0 Å². The molecule has 0 aliphatic carbocycles. The molecule has 0 bridgehead atoms. The maximum absolute atomic E-state index is 13.0. The number of phosphoric ester groups is 1. The molecule has 0 aliphatic heterocycles. The van der Waals surface area contributed by atoms with E-state index < -0.39 is 20.0 Å². The predicted molar refractivity (Wildman–Crippen MR) is 304 cm³/mol. The third kappa shape index (κ3) is 54.5. The van der Waals surface area contributed by atoms with Gasteiger partial charge < -0.3 is 19.8 Å². The molecule has 0 fully saturated rings. The number of hydrogen-bond donors (Lipinski definition) is 3. The molecule has 0 saturated carbocycles. The largest absolute Gasteiger partial charge is 0.472 e. The number of carbonyl (C=O) groups is 1. The number of likely N-dealkylation sites (N-methyl/N-ethyl adjacent to an activating group) is 1. The normalized spacial score (nSPS) is 14.1. The summed E-state index contributed by atoms with van der Waals surface area (Å²) in [6.07, 6.45) is 68.6. The summed E-state index contributed by atoms with van der Waals surface area (Å²) in [6.45, 7) is 4.81. The van der Waals surface area contributed by atoms with Crippen LogP contribution >= 0.6 is 7.82 Å². The number of quaternary nitrogens is 1. The van der Waals surface area contributed by atoms with E-state index in [0.29, 0.717) is 17.4 Å². The van der Waals surface area contributed by atoms with Crippen LogP contribution in [-0.4, -0.2) is 73.4 Å². The van der Waals surface area contributed by atoms with Crippen LogP contribution in [0.5, 0.6) is 0 Å². The second kappa shape index (κ2) is 52.6. The van der Waals surface area contributed by atoms with Gasteiger partial charge in [-0.15, -0.1) is 0 Å². The molecule has 0 aliphatic rings. The van der Waals surface area contributed by atoms with Gasteiger partial charge in [0.15, 0.2) is 0 Å². The number of aliphatic hydroxyl groups is 1. The number of amides is 1. The van der Waals surface area contributed by atoms with E-state index in [4.69, 9.17) is 9.05 Å². The van der Waals surface area contributed by atoms with Crippen molar-refractivity contribution >= 4 is 13.7 Å². The molecule has 0 heterocycles. The highest BCUT2D eigenvalue weighted by molar-refractivity contribution is 7.47. The zero-order valence-electron chi connectivity index (χ0n) is 47.3. The summed E-state index contributed by atoms with van der Waals surface area (Å²) in [5.74, 6) is -0.184. The minimum absolute atomic E-state index is 0.0573. The lowest BCUT2D eigenvalue weighted by molar-refractivity contribution is -0.870. The van der Waals surface area contributed by atoms with E-state index in [1.807, 2.05) is 27.2 Å². The number of allylic oxidation sites excluding steroid dienone is 5. The van der Waals surface area contributed by atoms with Gasteiger partial charge in [-0.1, -0.05) is 269 Å². The molecule has 0 rings (SSSR count). The number of aliphatic hydroxyl groups excluding tert-OH is 1. The van der Waals surface area contributed by atoms with Crippen LogP contribution in [0.15, 0.2) is 36.5 Å². The summed E-state index contributed by atoms with van der Waals surface area (Å²) >= 11 is 0. The molecule has 0 saturated heterocycles. The smallest absolute Gasteiger partial charge is 0.387 e. The van der Waals surface area contributed by atoms with E-state index in [1.54, 1.807) is 6.08 Å². The van der Waals surface area contributed by atoms with E-state index in [1.165, 1.54) is 238 Å². The first-order valence-electron chi connectivity index (χ1n) is 30.4. The second-order valence-corrected chi connectivity index (χ2v) is 23.5. The highest BCUT2D eigenvalue weighted by atomic mass is 31.2. The summed E-state index contributed by atoms with van der Waals surface area (Å²) < 4.78 is 23.6. The van der Waals surface area contributed by atoms with Gasteiger partial charge in [-0.05, 0) is 57.8 Å². The zero-order valence-corrected chi connectivity index (χ0v) is 48.2. The van der Waals surface area contributed by atoms with Gasteiger partial charge >= 0.3 is 7.82 Å². The lowest BCUT2D eigenvalue weighted by Crippen LogP contribution is -2.45. The molecule has 0 spiro atoms. The molecule has 414 valence electrons. The highest BCUT2D eigenvalue weighted by Gasteiger charge is 2.27. The molecule has 0 aromatic heterocycles. The molecule has 9 heteroatoms.